The van der Waals surface area contributed by atoms with Gasteiger partial charge in [-0.1, -0.05) is 56.3 Å². The summed E-state index contributed by atoms with van der Waals surface area (Å²) in [4.78, 5) is 32.3. The molecule has 4 rings (SSSR count). The molecule has 1 N–H and O–H groups in total. The van der Waals surface area contributed by atoms with E-state index in [2.05, 4.69) is 10.3 Å². The Morgan fingerprint density at radius 2 is 1.74 bits per heavy atom. The summed E-state index contributed by atoms with van der Waals surface area (Å²) in [6.07, 6.45) is 1.98. The molecule has 31 heavy (non-hydrogen) atoms. The molecule has 162 valence electrons. The van der Waals surface area contributed by atoms with Crippen LogP contribution in [0.5, 0.6) is 0 Å². The van der Waals surface area contributed by atoms with Crippen molar-refractivity contribution in [2.75, 3.05) is 13.1 Å². The highest BCUT2D eigenvalue weighted by molar-refractivity contribution is 5.88. The van der Waals surface area contributed by atoms with Gasteiger partial charge in [0.2, 0.25) is 11.8 Å². The van der Waals surface area contributed by atoms with Crippen LogP contribution >= 0.6 is 0 Å². The van der Waals surface area contributed by atoms with Crippen LogP contribution in [0.4, 0.5) is 0 Å². The van der Waals surface area contributed by atoms with Crippen LogP contribution in [0.25, 0.3) is 11.1 Å². The van der Waals surface area contributed by atoms with Gasteiger partial charge in [0.25, 0.3) is 0 Å². The molecule has 2 aromatic carbocycles. The van der Waals surface area contributed by atoms with Crippen molar-refractivity contribution in [3.05, 3.63) is 66.1 Å². The Kier molecular flexibility index (Phi) is 6.35. The highest BCUT2D eigenvalue weighted by Crippen LogP contribution is 2.31. The average Bonchev–Trinajstić information content (AvgIpc) is 3.22. The summed E-state index contributed by atoms with van der Waals surface area (Å²) in [5.41, 5.74) is 2.48. The van der Waals surface area contributed by atoms with E-state index in [1.807, 2.05) is 73.3 Å². The van der Waals surface area contributed by atoms with Crippen molar-refractivity contribution in [3.8, 4) is 0 Å². The Labute approximate surface area is 182 Å². The quantitative estimate of drug-likeness (QED) is 0.641. The first kappa shape index (κ1) is 21.1. The number of carbonyl (C=O) groups is 2. The highest BCUT2D eigenvalue weighted by atomic mass is 16.3. The minimum atomic E-state index is -0.659. The molecule has 6 nitrogen and oxygen atoms in total. The number of nitrogens with one attached hydrogen (secondary N) is 1. The van der Waals surface area contributed by atoms with E-state index in [0.29, 0.717) is 19.5 Å². The first-order chi connectivity index (χ1) is 15.0. The van der Waals surface area contributed by atoms with E-state index in [1.165, 1.54) is 0 Å². The predicted octanol–water partition coefficient (Wildman–Crippen LogP) is 4.44. The maximum absolute atomic E-state index is 13.4. The number of fused-ring (bicyclic) bond motifs is 1. The fraction of sp³-hybridized carbons (Fsp3) is 0.400. The van der Waals surface area contributed by atoms with Crippen LogP contribution in [0.3, 0.4) is 0 Å². The Morgan fingerprint density at radius 3 is 2.42 bits per heavy atom. The van der Waals surface area contributed by atoms with Crippen LogP contribution in [0.15, 0.2) is 59.0 Å². The van der Waals surface area contributed by atoms with E-state index >= 15 is 0 Å². The number of aromatic nitrogens is 1. The zero-order valence-corrected chi connectivity index (χ0v) is 18.1. The molecule has 1 aliphatic rings. The van der Waals surface area contributed by atoms with Gasteiger partial charge in [-0.15, -0.1) is 0 Å². The average molecular weight is 420 g/mol. The molecule has 0 radical (unpaired) electrons. The number of amides is 2. The Hall–Kier alpha value is -3.15. The van der Waals surface area contributed by atoms with Crippen LogP contribution in [0.2, 0.25) is 0 Å². The second kappa shape index (κ2) is 9.33. The van der Waals surface area contributed by atoms with E-state index in [9.17, 15) is 9.59 Å². The van der Waals surface area contributed by atoms with Gasteiger partial charge < -0.3 is 14.6 Å². The summed E-state index contributed by atoms with van der Waals surface area (Å²) in [5, 5.41) is 2.96. The lowest BCUT2D eigenvalue weighted by Crippen LogP contribution is -2.46. The van der Waals surface area contributed by atoms with Crippen LogP contribution in [0.1, 0.15) is 56.5 Å². The van der Waals surface area contributed by atoms with Crippen molar-refractivity contribution in [2.24, 2.45) is 5.92 Å². The number of carbonyl (C=O) groups excluding carboxylic acids is 2. The highest BCUT2D eigenvalue weighted by Gasteiger charge is 2.32. The predicted molar refractivity (Wildman–Crippen MR) is 119 cm³/mol. The Bertz CT molecular complexity index is 1000. The molecule has 1 unspecified atom stereocenters. The van der Waals surface area contributed by atoms with Crippen molar-refractivity contribution in [1.82, 2.24) is 15.2 Å². The topological polar surface area (TPSA) is 75.4 Å². The summed E-state index contributed by atoms with van der Waals surface area (Å²) < 4.78 is 5.94. The monoisotopic (exact) mass is 419 g/mol. The van der Waals surface area contributed by atoms with Crippen molar-refractivity contribution in [2.45, 2.75) is 45.1 Å². The van der Waals surface area contributed by atoms with Gasteiger partial charge in [0.05, 0.1) is 0 Å². The molecular formula is C25H29N3O3. The molecule has 6 heteroatoms. The minimum Gasteiger partial charge on any atom is -0.440 e. The summed E-state index contributed by atoms with van der Waals surface area (Å²) >= 11 is 0. The molecular weight excluding hydrogens is 390 g/mol. The first-order valence-corrected chi connectivity index (χ1v) is 11.0. The lowest BCUT2D eigenvalue weighted by Gasteiger charge is -2.33. The van der Waals surface area contributed by atoms with E-state index in [1.54, 1.807) is 0 Å². The Morgan fingerprint density at radius 1 is 1.06 bits per heavy atom. The smallest absolute Gasteiger partial charge is 0.249 e. The van der Waals surface area contributed by atoms with Crippen LogP contribution in [-0.4, -0.2) is 34.8 Å². The second-order valence-corrected chi connectivity index (χ2v) is 8.63. The maximum atomic E-state index is 13.4. The zero-order valence-electron chi connectivity index (χ0n) is 18.1. The molecule has 1 aliphatic heterocycles. The summed E-state index contributed by atoms with van der Waals surface area (Å²) in [6.45, 7) is 5.23. The molecule has 2 amide bonds. The van der Waals surface area contributed by atoms with Gasteiger partial charge in [-0.2, -0.15) is 0 Å². The number of rotatable bonds is 6. The normalized spacial score (nSPS) is 15.9. The van der Waals surface area contributed by atoms with E-state index in [-0.39, 0.29) is 23.7 Å². The Balaban J connectivity index is 1.44. The lowest BCUT2D eigenvalue weighted by atomic mass is 9.95. The molecule has 2 heterocycles. The van der Waals surface area contributed by atoms with E-state index in [4.69, 9.17) is 4.42 Å². The number of piperidine rings is 1. The van der Waals surface area contributed by atoms with Crippen LogP contribution < -0.4 is 5.32 Å². The fourth-order valence-corrected chi connectivity index (χ4v) is 4.12. The lowest BCUT2D eigenvalue weighted by molar-refractivity contribution is -0.137. The molecule has 1 saturated heterocycles. The minimum absolute atomic E-state index is 0.0562. The summed E-state index contributed by atoms with van der Waals surface area (Å²) in [6, 6.07) is 16.6. The van der Waals surface area contributed by atoms with Gasteiger partial charge in [-0.3, -0.25) is 9.59 Å². The van der Waals surface area contributed by atoms with E-state index < -0.39 is 6.04 Å². The summed E-state index contributed by atoms with van der Waals surface area (Å²) in [5.74, 6) is 1.02. The third-order valence-corrected chi connectivity index (χ3v) is 5.75. The maximum Gasteiger partial charge on any atom is 0.249 e. The number of hydrogen-bond acceptors (Lipinski definition) is 4. The summed E-state index contributed by atoms with van der Waals surface area (Å²) in [7, 11) is 0. The molecule has 1 atom stereocenters. The number of oxazole rings is 1. The van der Waals surface area contributed by atoms with E-state index in [0.717, 1.165) is 35.4 Å². The van der Waals surface area contributed by atoms with Crippen molar-refractivity contribution >= 4 is 22.9 Å². The first-order valence-electron chi connectivity index (χ1n) is 11.0. The second-order valence-electron chi connectivity index (χ2n) is 8.63. The number of nitrogens with zero attached hydrogens (tertiary/aromatic N) is 2. The number of para-hydroxylation sites is 2. The van der Waals surface area contributed by atoms with Crippen molar-refractivity contribution in [1.29, 1.82) is 0 Å². The molecule has 0 saturated carbocycles. The van der Waals surface area contributed by atoms with Gasteiger partial charge in [0.15, 0.2) is 11.5 Å². The molecule has 3 aromatic rings. The van der Waals surface area contributed by atoms with Crippen molar-refractivity contribution in [3.63, 3.8) is 0 Å². The fourth-order valence-electron chi connectivity index (χ4n) is 4.12. The van der Waals surface area contributed by atoms with Gasteiger partial charge in [-0.05, 0) is 36.5 Å². The molecule has 0 bridgehead atoms. The van der Waals surface area contributed by atoms with Crippen molar-refractivity contribution < 1.29 is 14.0 Å². The van der Waals surface area contributed by atoms with Crippen LogP contribution in [0, 0.1) is 5.92 Å². The van der Waals surface area contributed by atoms with Gasteiger partial charge in [0.1, 0.15) is 11.6 Å². The van der Waals surface area contributed by atoms with Gasteiger partial charge in [0, 0.05) is 25.4 Å². The largest absolute Gasteiger partial charge is 0.440 e. The van der Waals surface area contributed by atoms with Gasteiger partial charge >= 0.3 is 0 Å². The number of likely N-dealkylation sites (tertiary alicyclic amines) is 1. The zero-order chi connectivity index (χ0) is 21.8. The third-order valence-electron chi connectivity index (χ3n) is 5.75. The SMILES string of the molecule is CC(C)CC(=O)NC(C(=O)N1CCC(c2nc3ccccc3o2)CC1)c1ccccc1. The standard InChI is InChI=1S/C25H29N3O3/c1-17(2)16-22(29)27-23(18-8-4-3-5-9-18)25(30)28-14-12-19(13-15-28)24-26-20-10-6-7-11-21(20)31-24/h3-11,17,19,23H,12-16H2,1-2H3,(H,27,29). The number of hydrogen-bond donors (Lipinski definition) is 1. The molecule has 1 aromatic heterocycles. The molecule has 0 spiro atoms. The molecule has 1 fully saturated rings. The molecule has 0 aliphatic carbocycles. The van der Waals surface area contributed by atoms with Crippen LogP contribution in [-0.2, 0) is 9.59 Å². The number of benzene rings is 2. The third kappa shape index (κ3) is 4.95. The van der Waals surface area contributed by atoms with Gasteiger partial charge in [-0.25, -0.2) is 4.98 Å².